The molecule has 0 aromatic heterocycles. The van der Waals surface area contributed by atoms with Crippen LogP contribution in [0.4, 0.5) is 0 Å². The van der Waals surface area contributed by atoms with Gasteiger partial charge in [0.15, 0.2) is 0 Å². The predicted molar refractivity (Wildman–Crippen MR) is 208 cm³/mol. The summed E-state index contributed by atoms with van der Waals surface area (Å²) in [6.45, 7) is 4.74. The number of unbranched alkanes of at least 4 members (excludes halogenated alkanes) is 18. The number of aliphatic hydroxyl groups excluding tert-OH is 1. The summed E-state index contributed by atoms with van der Waals surface area (Å²) in [4.78, 5) is 22.9. The van der Waals surface area contributed by atoms with Gasteiger partial charge in [-0.3, -0.25) is 13.8 Å². The zero-order valence-electron chi connectivity index (χ0n) is 32.4. The SMILES string of the molecule is CCCCCCCCC/C=C/CC/C=C/CC/C=C/C(O)C(COP(=O)(O)OCC[N+](C)(C)C)NC(=O)CCCCCCCCCCCC. The molecule has 3 N–H and O–H groups in total. The Morgan fingerprint density at radius 3 is 1.63 bits per heavy atom. The number of aliphatic hydroxyl groups is 1. The molecule has 49 heavy (non-hydrogen) atoms. The lowest BCUT2D eigenvalue weighted by Gasteiger charge is -2.25. The van der Waals surface area contributed by atoms with Gasteiger partial charge < -0.3 is 19.8 Å². The molecule has 1 amide bonds. The van der Waals surface area contributed by atoms with Gasteiger partial charge >= 0.3 is 7.82 Å². The van der Waals surface area contributed by atoms with Gasteiger partial charge in [0.25, 0.3) is 0 Å². The van der Waals surface area contributed by atoms with E-state index in [1.807, 2.05) is 27.2 Å². The van der Waals surface area contributed by atoms with Crippen molar-refractivity contribution < 1.29 is 32.9 Å². The predicted octanol–water partition coefficient (Wildman–Crippen LogP) is 10.4. The Morgan fingerprint density at radius 2 is 1.12 bits per heavy atom. The van der Waals surface area contributed by atoms with E-state index in [2.05, 4.69) is 43.5 Å². The molecule has 3 unspecified atom stereocenters. The first-order chi connectivity index (χ1) is 23.5. The topological polar surface area (TPSA) is 105 Å². The maximum absolute atomic E-state index is 12.8. The molecule has 3 atom stereocenters. The third-order valence-electron chi connectivity index (χ3n) is 8.59. The minimum absolute atomic E-state index is 0.0541. The Bertz CT molecular complexity index is 902. The van der Waals surface area contributed by atoms with Crippen LogP contribution in [0, 0.1) is 0 Å². The fourth-order valence-corrected chi connectivity index (χ4v) is 6.10. The third kappa shape index (κ3) is 34.9. The number of quaternary nitrogens is 1. The van der Waals surface area contributed by atoms with Crippen molar-refractivity contribution in [3.63, 3.8) is 0 Å². The monoisotopic (exact) mass is 714 g/mol. The number of nitrogens with zero attached hydrogens (tertiary/aromatic N) is 1. The highest BCUT2D eigenvalue weighted by Gasteiger charge is 2.27. The van der Waals surface area contributed by atoms with E-state index >= 15 is 0 Å². The van der Waals surface area contributed by atoms with Crippen LogP contribution in [0.2, 0.25) is 0 Å². The van der Waals surface area contributed by atoms with E-state index in [1.165, 1.54) is 96.3 Å². The third-order valence-corrected chi connectivity index (χ3v) is 9.57. The summed E-state index contributed by atoms with van der Waals surface area (Å²) >= 11 is 0. The zero-order chi connectivity index (χ0) is 36.5. The summed E-state index contributed by atoms with van der Waals surface area (Å²) in [5.74, 6) is -0.196. The summed E-state index contributed by atoms with van der Waals surface area (Å²) in [5.41, 5.74) is 0. The van der Waals surface area contributed by atoms with E-state index in [4.69, 9.17) is 9.05 Å². The fourth-order valence-electron chi connectivity index (χ4n) is 5.36. The Morgan fingerprint density at radius 1 is 0.673 bits per heavy atom. The van der Waals surface area contributed by atoms with E-state index in [0.29, 0.717) is 17.4 Å². The van der Waals surface area contributed by atoms with E-state index in [1.54, 1.807) is 6.08 Å². The quantitative estimate of drug-likeness (QED) is 0.0261. The van der Waals surface area contributed by atoms with Gasteiger partial charge in [-0.15, -0.1) is 0 Å². The number of allylic oxidation sites excluding steroid dienone is 5. The molecule has 0 saturated carbocycles. The van der Waals surface area contributed by atoms with Crippen LogP contribution < -0.4 is 5.32 Å². The molecule has 0 saturated heterocycles. The number of carbonyl (C=O) groups excluding carboxylic acids is 1. The van der Waals surface area contributed by atoms with Crippen molar-refractivity contribution in [2.24, 2.45) is 0 Å². The van der Waals surface area contributed by atoms with Gasteiger partial charge in [0.1, 0.15) is 13.2 Å². The second-order valence-corrected chi connectivity index (χ2v) is 16.1. The number of hydrogen-bond acceptors (Lipinski definition) is 5. The fraction of sp³-hybridized carbons (Fsp3) is 0.825. The lowest BCUT2D eigenvalue weighted by Crippen LogP contribution is -2.45. The van der Waals surface area contributed by atoms with Crippen LogP contribution in [0.3, 0.4) is 0 Å². The summed E-state index contributed by atoms with van der Waals surface area (Å²) < 4.78 is 23.4. The number of phosphoric acid groups is 1. The van der Waals surface area contributed by atoms with Crippen LogP contribution in [0.25, 0.3) is 0 Å². The number of carbonyl (C=O) groups is 1. The van der Waals surface area contributed by atoms with Gasteiger partial charge in [0, 0.05) is 6.42 Å². The molecule has 0 spiro atoms. The molecular weight excluding hydrogens is 635 g/mol. The number of rotatable bonds is 35. The summed E-state index contributed by atoms with van der Waals surface area (Å²) in [7, 11) is 1.54. The normalized spacial score (nSPS) is 15.0. The maximum atomic E-state index is 12.8. The van der Waals surface area contributed by atoms with Crippen LogP contribution in [0.15, 0.2) is 36.5 Å². The van der Waals surface area contributed by atoms with Gasteiger partial charge in [-0.25, -0.2) is 4.57 Å². The number of nitrogens with one attached hydrogen (secondary N) is 1. The molecular formula is C40H78N2O6P+. The van der Waals surface area contributed by atoms with Crippen molar-refractivity contribution in [3.05, 3.63) is 36.5 Å². The smallest absolute Gasteiger partial charge is 0.387 e. The van der Waals surface area contributed by atoms with Crippen molar-refractivity contribution in [2.75, 3.05) is 40.9 Å². The average molecular weight is 714 g/mol. The molecule has 8 nitrogen and oxygen atoms in total. The molecule has 0 rings (SSSR count). The van der Waals surface area contributed by atoms with Crippen molar-refractivity contribution in [1.82, 2.24) is 5.32 Å². The lowest BCUT2D eigenvalue weighted by atomic mass is 10.1. The van der Waals surface area contributed by atoms with Crippen LogP contribution in [-0.4, -0.2) is 73.4 Å². The molecule has 0 bridgehead atoms. The largest absolute Gasteiger partial charge is 0.472 e. The van der Waals surface area contributed by atoms with Crippen LogP contribution in [-0.2, 0) is 18.4 Å². The lowest BCUT2D eigenvalue weighted by molar-refractivity contribution is -0.870. The molecule has 0 aromatic carbocycles. The number of likely N-dealkylation sites (N-methyl/N-ethyl adjacent to an activating group) is 1. The Kier molecular flexibility index (Phi) is 31.8. The van der Waals surface area contributed by atoms with Gasteiger partial charge in [-0.1, -0.05) is 147 Å². The highest BCUT2D eigenvalue weighted by molar-refractivity contribution is 7.47. The average Bonchev–Trinajstić information content (AvgIpc) is 3.04. The Hall–Kier alpha value is -1.28. The first-order valence-corrected chi connectivity index (χ1v) is 21.4. The van der Waals surface area contributed by atoms with Crippen LogP contribution >= 0.6 is 7.82 Å². The van der Waals surface area contributed by atoms with Crippen molar-refractivity contribution in [3.8, 4) is 0 Å². The standard InChI is InChI=1S/C40H77N2O6P/c1-6-8-10-12-14-16-18-19-20-21-22-23-24-25-27-29-31-33-39(43)38(37-48-49(45,46)47-36-35-42(3,4)5)41-40(44)34-32-30-28-26-17-15-13-11-9-7-2/h20-21,24-25,31,33,38-39,43H,6-19,22-23,26-30,32,34-37H2,1-5H3,(H-,41,44,45,46)/p+1/b21-20+,25-24+,33-31+. The zero-order valence-corrected chi connectivity index (χ0v) is 33.3. The van der Waals surface area contributed by atoms with Gasteiger partial charge in [0.05, 0.1) is 39.9 Å². The minimum atomic E-state index is -4.34. The summed E-state index contributed by atoms with van der Waals surface area (Å²) in [5, 5.41) is 13.7. The summed E-state index contributed by atoms with van der Waals surface area (Å²) in [6.07, 6.45) is 37.8. The molecule has 0 aliphatic carbocycles. The number of amides is 1. The highest BCUT2D eigenvalue weighted by Crippen LogP contribution is 2.43. The molecule has 0 radical (unpaired) electrons. The molecule has 0 aliphatic heterocycles. The van der Waals surface area contributed by atoms with E-state index in [-0.39, 0.29) is 19.1 Å². The van der Waals surface area contributed by atoms with E-state index in [0.717, 1.165) is 44.9 Å². The van der Waals surface area contributed by atoms with E-state index < -0.39 is 20.0 Å². The number of phosphoric ester groups is 1. The van der Waals surface area contributed by atoms with Crippen molar-refractivity contribution in [2.45, 2.75) is 174 Å². The Balaban J connectivity index is 4.58. The highest BCUT2D eigenvalue weighted by atomic mass is 31.2. The van der Waals surface area contributed by atoms with Crippen LogP contribution in [0.5, 0.6) is 0 Å². The Labute approximate surface area is 302 Å². The van der Waals surface area contributed by atoms with Crippen LogP contribution in [0.1, 0.15) is 162 Å². The second-order valence-electron chi connectivity index (χ2n) is 14.6. The minimum Gasteiger partial charge on any atom is -0.387 e. The number of hydrogen-bond donors (Lipinski definition) is 3. The first-order valence-electron chi connectivity index (χ1n) is 19.9. The summed E-state index contributed by atoms with van der Waals surface area (Å²) in [6, 6.07) is -0.863. The van der Waals surface area contributed by atoms with Crippen molar-refractivity contribution in [1.29, 1.82) is 0 Å². The second kappa shape index (κ2) is 32.6. The molecule has 288 valence electrons. The maximum Gasteiger partial charge on any atom is 0.472 e. The molecule has 0 heterocycles. The molecule has 0 aromatic rings. The van der Waals surface area contributed by atoms with E-state index in [9.17, 15) is 19.4 Å². The van der Waals surface area contributed by atoms with Gasteiger partial charge in [-0.05, 0) is 44.9 Å². The van der Waals surface area contributed by atoms with Crippen molar-refractivity contribution >= 4 is 13.7 Å². The molecule has 0 aliphatic rings. The van der Waals surface area contributed by atoms with Gasteiger partial charge in [0.2, 0.25) is 5.91 Å². The van der Waals surface area contributed by atoms with Gasteiger partial charge in [-0.2, -0.15) is 0 Å². The molecule has 0 fully saturated rings. The molecule has 9 heteroatoms. The first kappa shape index (κ1) is 47.7.